The van der Waals surface area contributed by atoms with Gasteiger partial charge in [0.2, 0.25) is 10.0 Å². The number of unbranched alkanes of at least 4 members (excludes halogenated alkanes) is 4. The molecule has 0 atom stereocenters. The molecule has 0 saturated carbocycles. The van der Waals surface area contributed by atoms with Crippen LogP contribution in [0.2, 0.25) is 0 Å². The summed E-state index contributed by atoms with van der Waals surface area (Å²) in [6.45, 7) is 3.41. The van der Waals surface area contributed by atoms with Crippen molar-refractivity contribution in [2.75, 3.05) is 19.0 Å². The van der Waals surface area contributed by atoms with Crippen molar-refractivity contribution >= 4 is 10.0 Å². The number of sulfonamides is 1. The van der Waals surface area contributed by atoms with Gasteiger partial charge in [0.25, 0.3) is 0 Å². The van der Waals surface area contributed by atoms with Gasteiger partial charge in [0.1, 0.15) is 0 Å². The number of rotatable bonds is 10. The van der Waals surface area contributed by atoms with Crippen molar-refractivity contribution in [3.05, 3.63) is 0 Å². The van der Waals surface area contributed by atoms with Crippen molar-refractivity contribution in [2.24, 2.45) is 5.14 Å². The minimum absolute atomic E-state index is 0.0167. The first-order valence-corrected chi connectivity index (χ1v) is 7.36. The molecule has 0 aliphatic rings. The highest BCUT2D eigenvalue weighted by molar-refractivity contribution is 7.89. The third kappa shape index (κ3) is 13.9. The molecule has 0 aromatic rings. The highest BCUT2D eigenvalue weighted by Crippen LogP contribution is 2.02. The molecule has 0 heterocycles. The Kier molecular flexibility index (Phi) is 9.04. The Bertz CT molecular complexity index is 227. The quantitative estimate of drug-likeness (QED) is 0.587. The first-order chi connectivity index (χ1) is 7.06. The molecule has 0 spiro atoms. The Hall–Kier alpha value is -0.130. The Morgan fingerprint density at radius 1 is 1.00 bits per heavy atom. The summed E-state index contributed by atoms with van der Waals surface area (Å²) in [5, 5.41) is 4.85. The van der Waals surface area contributed by atoms with Crippen LogP contribution >= 0.6 is 0 Å². The van der Waals surface area contributed by atoms with Crippen LogP contribution in [0.3, 0.4) is 0 Å². The predicted molar refractivity (Wildman–Crippen MR) is 62.2 cm³/mol. The third-order valence-electron chi connectivity index (χ3n) is 2.11. The van der Waals surface area contributed by atoms with Crippen molar-refractivity contribution in [2.45, 2.75) is 45.4 Å². The number of ether oxygens (including phenoxy) is 1. The second-order valence-electron chi connectivity index (χ2n) is 3.75. The molecule has 15 heavy (non-hydrogen) atoms. The number of hydrogen-bond donors (Lipinski definition) is 1. The van der Waals surface area contributed by atoms with Gasteiger partial charge in [0, 0.05) is 13.2 Å². The summed E-state index contributed by atoms with van der Waals surface area (Å²) in [6, 6.07) is 0. The van der Waals surface area contributed by atoms with Crippen LogP contribution in [-0.4, -0.2) is 27.4 Å². The lowest BCUT2D eigenvalue weighted by atomic mass is 10.2. The van der Waals surface area contributed by atoms with Crippen LogP contribution in [0.5, 0.6) is 0 Å². The summed E-state index contributed by atoms with van der Waals surface area (Å²) < 4.78 is 26.4. The fourth-order valence-corrected chi connectivity index (χ4v) is 1.79. The normalized spacial score (nSPS) is 11.9. The van der Waals surface area contributed by atoms with Crippen LogP contribution in [-0.2, 0) is 14.8 Å². The second-order valence-corrected chi connectivity index (χ2v) is 5.48. The molecule has 92 valence electrons. The summed E-state index contributed by atoms with van der Waals surface area (Å²) in [5.74, 6) is 0.0167. The zero-order chi connectivity index (χ0) is 11.6. The van der Waals surface area contributed by atoms with E-state index >= 15 is 0 Å². The predicted octanol–water partition coefficient (Wildman–Crippen LogP) is 1.65. The minimum atomic E-state index is -3.31. The third-order valence-corrected chi connectivity index (χ3v) is 2.97. The fraction of sp³-hybridized carbons (Fsp3) is 1.00. The lowest BCUT2D eigenvalue weighted by molar-refractivity contribution is 0.131. The van der Waals surface area contributed by atoms with Crippen molar-refractivity contribution < 1.29 is 13.2 Å². The maximum Gasteiger partial charge on any atom is 0.209 e. The molecule has 0 aliphatic carbocycles. The maximum absolute atomic E-state index is 10.6. The van der Waals surface area contributed by atoms with Crippen molar-refractivity contribution in [1.29, 1.82) is 0 Å². The molecule has 4 nitrogen and oxygen atoms in total. The number of primary sulfonamides is 1. The zero-order valence-electron chi connectivity index (χ0n) is 9.57. The molecule has 2 N–H and O–H groups in total. The standard InChI is InChI=1S/C10H23NO3S/c1-2-3-4-5-6-8-14-9-7-10-15(11,12)13/h2-10H2,1H3,(H2,11,12,13). The van der Waals surface area contributed by atoms with E-state index in [1.807, 2.05) is 0 Å². The van der Waals surface area contributed by atoms with E-state index in [4.69, 9.17) is 9.88 Å². The fourth-order valence-electron chi connectivity index (χ4n) is 1.27. The summed E-state index contributed by atoms with van der Waals surface area (Å²) in [7, 11) is -3.31. The van der Waals surface area contributed by atoms with E-state index in [9.17, 15) is 8.42 Å². The van der Waals surface area contributed by atoms with Gasteiger partial charge in [-0.3, -0.25) is 0 Å². The average molecular weight is 237 g/mol. The first-order valence-electron chi connectivity index (χ1n) is 5.64. The zero-order valence-corrected chi connectivity index (χ0v) is 10.4. The van der Waals surface area contributed by atoms with Crippen LogP contribution in [0, 0.1) is 0 Å². The lowest BCUT2D eigenvalue weighted by Crippen LogP contribution is -2.17. The van der Waals surface area contributed by atoms with Gasteiger partial charge in [-0.1, -0.05) is 32.6 Å². The molecule has 0 aliphatic heterocycles. The van der Waals surface area contributed by atoms with Crippen molar-refractivity contribution in [3.63, 3.8) is 0 Å². The summed E-state index contributed by atoms with van der Waals surface area (Å²) >= 11 is 0. The molecular formula is C10H23NO3S. The number of nitrogens with two attached hydrogens (primary N) is 1. The van der Waals surface area contributed by atoms with Crippen LogP contribution in [0.15, 0.2) is 0 Å². The number of hydrogen-bond acceptors (Lipinski definition) is 3. The average Bonchev–Trinajstić information content (AvgIpc) is 2.14. The van der Waals surface area contributed by atoms with Gasteiger partial charge in [-0.2, -0.15) is 0 Å². The maximum atomic E-state index is 10.6. The highest BCUT2D eigenvalue weighted by Gasteiger charge is 2.01. The topological polar surface area (TPSA) is 69.4 Å². The minimum Gasteiger partial charge on any atom is -0.381 e. The summed E-state index contributed by atoms with van der Waals surface area (Å²) in [6.07, 6.45) is 6.55. The van der Waals surface area contributed by atoms with Crippen LogP contribution in [0.1, 0.15) is 45.4 Å². The lowest BCUT2D eigenvalue weighted by Gasteiger charge is -2.03. The Morgan fingerprint density at radius 3 is 2.20 bits per heavy atom. The van der Waals surface area contributed by atoms with Gasteiger partial charge in [0.05, 0.1) is 5.75 Å². The largest absolute Gasteiger partial charge is 0.381 e. The smallest absolute Gasteiger partial charge is 0.209 e. The molecule has 0 amide bonds. The Morgan fingerprint density at radius 2 is 1.60 bits per heavy atom. The highest BCUT2D eigenvalue weighted by atomic mass is 32.2. The molecule has 0 fully saturated rings. The molecule has 0 radical (unpaired) electrons. The van der Waals surface area contributed by atoms with Crippen molar-refractivity contribution in [1.82, 2.24) is 0 Å². The van der Waals surface area contributed by atoms with E-state index in [1.54, 1.807) is 0 Å². The second kappa shape index (κ2) is 9.12. The van der Waals surface area contributed by atoms with Gasteiger partial charge in [-0.25, -0.2) is 13.6 Å². The van der Waals surface area contributed by atoms with E-state index in [-0.39, 0.29) is 5.75 Å². The molecule has 0 rings (SSSR count). The van der Waals surface area contributed by atoms with Gasteiger partial charge in [0.15, 0.2) is 0 Å². The van der Waals surface area contributed by atoms with Gasteiger partial charge < -0.3 is 4.74 Å². The molecule has 0 aromatic heterocycles. The molecule has 0 bridgehead atoms. The van der Waals surface area contributed by atoms with Crippen LogP contribution < -0.4 is 5.14 Å². The van der Waals surface area contributed by atoms with E-state index in [1.165, 1.54) is 25.7 Å². The van der Waals surface area contributed by atoms with Crippen LogP contribution in [0.25, 0.3) is 0 Å². The Labute approximate surface area is 93.2 Å². The monoisotopic (exact) mass is 237 g/mol. The summed E-state index contributed by atoms with van der Waals surface area (Å²) in [5.41, 5.74) is 0. The van der Waals surface area contributed by atoms with E-state index < -0.39 is 10.0 Å². The molecule has 0 saturated heterocycles. The Balaban J connectivity index is 3.06. The van der Waals surface area contributed by atoms with E-state index in [2.05, 4.69) is 6.92 Å². The van der Waals surface area contributed by atoms with Gasteiger partial charge in [-0.05, 0) is 12.8 Å². The summed E-state index contributed by atoms with van der Waals surface area (Å²) in [4.78, 5) is 0. The molecule has 0 aromatic carbocycles. The van der Waals surface area contributed by atoms with E-state index in [0.29, 0.717) is 13.0 Å². The van der Waals surface area contributed by atoms with Crippen molar-refractivity contribution in [3.8, 4) is 0 Å². The van der Waals surface area contributed by atoms with E-state index in [0.717, 1.165) is 13.0 Å². The first kappa shape index (κ1) is 14.9. The SMILES string of the molecule is CCCCCCCOCCCS(N)(=O)=O. The molecule has 5 heteroatoms. The van der Waals surface area contributed by atoms with Crippen LogP contribution in [0.4, 0.5) is 0 Å². The molecular weight excluding hydrogens is 214 g/mol. The molecule has 0 unspecified atom stereocenters. The van der Waals surface area contributed by atoms with Gasteiger partial charge >= 0.3 is 0 Å². The van der Waals surface area contributed by atoms with Gasteiger partial charge in [-0.15, -0.1) is 0 Å².